The molecule has 2 aliphatic rings. The minimum absolute atomic E-state index is 0.0281. The maximum Gasteiger partial charge on any atom is 0.234 e. The number of fused-ring (bicyclic) bond motifs is 1. The molecule has 6 heteroatoms. The molecule has 1 aliphatic carbocycles. The highest BCUT2D eigenvalue weighted by molar-refractivity contribution is 9.10. The number of hydrogen-bond acceptors (Lipinski definition) is 2. The molecule has 4 nitrogen and oxygen atoms in total. The average molecular weight is 417 g/mol. The van der Waals surface area contributed by atoms with Crippen molar-refractivity contribution in [2.75, 3.05) is 0 Å². The topological polar surface area (TPSA) is 46.9 Å². The molecule has 0 spiro atoms. The number of hydrogen-bond donors (Lipinski definition) is 1. The molecule has 2 unspecified atom stereocenters. The third kappa shape index (κ3) is 2.87. The van der Waals surface area contributed by atoms with E-state index in [0.29, 0.717) is 11.6 Å². The maximum absolute atomic E-state index is 12.7. The number of carbonyl (C=O) groups excluding carboxylic acids is 1. The van der Waals surface area contributed by atoms with E-state index in [1.165, 1.54) is 0 Å². The van der Waals surface area contributed by atoms with E-state index in [1.807, 2.05) is 47.2 Å². The van der Waals surface area contributed by atoms with Gasteiger partial charge >= 0.3 is 0 Å². The Morgan fingerprint density at radius 3 is 2.80 bits per heavy atom. The lowest BCUT2D eigenvalue weighted by atomic mass is 9.82. The fraction of sp³-hybridized carbons (Fsp3) is 0.158. The van der Waals surface area contributed by atoms with Crippen LogP contribution in [-0.2, 0) is 11.3 Å². The molecule has 1 fully saturated rings. The second kappa shape index (κ2) is 6.32. The first kappa shape index (κ1) is 16.4. The molecule has 4 rings (SSSR count). The average Bonchev–Trinajstić information content (AvgIpc) is 3.10. The fourth-order valence-electron chi connectivity index (χ4n) is 3.42. The van der Waals surface area contributed by atoms with E-state index < -0.39 is 0 Å². The van der Waals surface area contributed by atoms with Crippen molar-refractivity contribution in [3.8, 4) is 0 Å². The lowest BCUT2D eigenvalue weighted by Gasteiger charge is -2.22. The number of nitrogens with one attached hydrogen (secondary N) is 1. The first-order valence-electron chi connectivity index (χ1n) is 7.88. The van der Waals surface area contributed by atoms with Crippen molar-refractivity contribution < 1.29 is 4.79 Å². The summed E-state index contributed by atoms with van der Waals surface area (Å²) in [5.74, 6) is -0.456. The van der Waals surface area contributed by atoms with Gasteiger partial charge in [-0.05, 0) is 45.3 Å². The molecule has 1 aliphatic heterocycles. The number of amides is 1. The summed E-state index contributed by atoms with van der Waals surface area (Å²) in [5, 5.41) is 8.14. The molecule has 1 amide bonds. The SMILES string of the molecule is C=C1C=CC=C2NC(=O)C(c3c(Br)cnn3Cc3ccc(Cl)cc3)C12. The van der Waals surface area contributed by atoms with Crippen LogP contribution in [0.4, 0.5) is 0 Å². The molecule has 1 N–H and O–H groups in total. The largest absolute Gasteiger partial charge is 0.329 e. The first-order valence-corrected chi connectivity index (χ1v) is 9.05. The van der Waals surface area contributed by atoms with Crippen molar-refractivity contribution in [2.24, 2.45) is 5.92 Å². The van der Waals surface area contributed by atoms with Gasteiger partial charge in [0, 0.05) is 16.6 Å². The summed E-state index contributed by atoms with van der Waals surface area (Å²) in [7, 11) is 0. The van der Waals surface area contributed by atoms with Crippen LogP contribution in [0.2, 0.25) is 5.02 Å². The number of rotatable bonds is 3. The van der Waals surface area contributed by atoms with Gasteiger partial charge in [0.2, 0.25) is 5.91 Å². The Bertz CT molecular complexity index is 927. The summed E-state index contributed by atoms with van der Waals surface area (Å²) in [6.07, 6.45) is 7.54. The predicted octanol–water partition coefficient (Wildman–Crippen LogP) is 4.19. The smallest absolute Gasteiger partial charge is 0.234 e. The van der Waals surface area contributed by atoms with Crippen molar-refractivity contribution in [1.82, 2.24) is 15.1 Å². The molecule has 25 heavy (non-hydrogen) atoms. The van der Waals surface area contributed by atoms with E-state index in [2.05, 4.69) is 32.9 Å². The summed E-state index contributed by atoms with van der Waals surface area (Å²) in [5.41, 5.74) is 3.75. The molecular formula is C19H15BrClN3O. The van der Waals surface area contributed by atoms with Gasteiger partial charge in [-0.2, -0.15) is 5.10 Å². The number of nitrogens with zero attached hydrogens (tertiary/aromatic N) is 2. The third-order valence-electron chi connectivity index (χ3n) is 4.58. The van der Waals surface area contributed by atoms with Gasteiger partial charge in [0.15, 0.2) is 0 Å². The minimum atomic E-state index is -0.354. The van der Waals surface area contributed by atoms with E-state index in [4.69, 9.17) is 11.6 Å². The monoisotopic (exact) mass is 415 g/mol. The quantitative estimate of drug-likeness (QED) is 0.815. The third-order valence-corrected chi connectivity index (χ3v) is 5.44. The van der Waals surface area contributed by atoms with Gasteiger partial charge in [-0.1, -0.05) is 42.5 Å². The van der Waals surface area contributed by atoms with Crippen molar-refractivity contribution in [3.63, 3.8) is 0 Å². The van der Waals surface area contributed by atoms with Crippen LogP contribution >= 0.6 is 27.5 Å². The minimum Gasteiger partial charge on any atom is -0.329 e. The van der Waals surface area contributed by atoms with E-state index in [0.717, 1.165) is 27.0 Å². The Labute approximate surface area is 159 Å². The lowest BCUT2D eigenvalue weighted by molar-refractivity contribution is -0.120. The van der Waals surface area contributed by atoms with E-state index in [9.17, 15) is 4.79 Å². The Kier molecular flexibility index (Phi) is 4.13. The molecule has 1 aromatic carbocycles. The Morgan fingerprint density at radius 2 is 2.04 bits per heavy atom. The molecule has 2 heterocycles. The summed E-state index contributed by atoms with van der Waals surface area (Å²) >= 11 is 9.52. The van der Waals surface area contributed by atoms with Gasteiger partial charge in [0.05, 0.1) is 28.8 Å². The highest BCUT2D eigenvalue weighted by Gasteiger charge is 2.44. The number of allylic oxidation sites excluding steroid dienone is 4. The van der Waals surface area contributed by atoms with E-state index in [-0.39, 0.29) is 17.7 Å². The Balaban J connectivity index is 1.73. The number of benzene rings is 1. The van der Waals surface area contributed by atoms with Gasteiger partial charge in [-0.25, -0.2) is 0 Å². The van der Waals surface area contributed by atoms with Crippen LogP contribution < -0.4 is 5.32 Å². The molecule has 0 radical (unpaired) electrons. The summed E-state index contributed by atoms with van der Waals surface area (Å²) < 4.78 is 2.69. The Morgan fingerprint density at radius 1 is 1.28 bits per heavy atom. The first-order chi connectivity index (χ1) is 12.0. The van der Waals surface area contributed by atoms with Crippen LogP contribution in [0.1, 0.15) is 17.2 Å². The molecule has 126 valence electrons. The van der Waals surface area contributed by atoms with Crippen molar-refractivity contribution in [3.05, 3.63) is 87.3 Å². The standard InChI is InChI=1S/C19H15BrClN3O/c1-11-3-2-4-15-16(11)17(19(25)23-15)18-14(20)9-22-24(18)10-12-5-7-13(21)8-6-12/h2-9,16-17H,1,10H2,(H,23,25). The lowest BCUT2D eigenvalue weighted by Crippen LogP contribution is -2.22. The normalized spacial score (nSPS) is 21.9. The summed E-state index contributed by atoms with van der Waals surface area (Å²) in [6.45, 7) is 4.69. The maximum atomic E-state index is 12.7. The number of carbonyl (C=O) groups is 1. The molecule has 1 saturated heterocycles. The van der Waals surface area contributed by atoms with Crippen molar-refractivity contribution >= 4 is 33.4 Å². The van der Waals surface area contributed by atoms with E-state index in [1.54, 1.807) is 6.20 Å². The zero-order chi connectivity index (χ0) is 17.6. The highest BCUT2D eigenvalue weighted by Crippen LogP contribution is 2.43. The molecule has 0 bridgehead atoms. The van der Waals surface area contributed by atoms with Crippen LogP contribution in [-0.4, -0.2) is 15.7 Å². The zero-order valence-electron chi connectivity index (χ0n) is 13.2. The van der Waals surface area contributed by atoms with Crippen LogP contribution in [0.15, 0.2) is 71.0 Å². The number of aromatic nitrogens is 2. The van der Waals surface area contributed by atoms with Crippen LogP contribution in [0.25, 0.3) is 0 Å². The summed E-state index contributed by atoms with van der Waals surface area (Å²) in [6, 6.07) is 7.63. The van der Waals surface area contributed by atoms with Gasteiger partial charge in [0.25, 0.3) is 0 Å². The molecule has 2 atom stereocenters. The zero-order valence-corrected chi connectivity index (χ0v) is 15.6. The molecular weight excluding hydrogens is 402 g/mol. The van der Waals surface area contributed by atoms with Gasteiger partial charge < -0.3 is 5.32 Å². The van der Waals surface area contributed by atoms with Crippen molar-refractivity contribution in [2.45, 2.75) is 12.5 Å². The van der Waals surface area contributed by atoms with E-state index >= 15 is 0 Å². The van der Waals surface area contributed by atoms with Gasteiger partial charge in [-0.15, -0.1) is 0 Å². The molecule has 0 saturated carbocycles. The second-order valence-electron chi connectivity index (χ2n) is 6.16. The van der Waals surface area contributed by atoms with Crippen LogP contribution in [0.3, 0.4) is 0 Å². The fourth-order valence-corrected chi connectivity index (χ4v) is 4.09. The van der Waals surface area contributed by atoms with Gasteiger partial charge in [0.1, 0.15) is 0 Å². The van der Waals surface area contributed by atoms with Gasteiger partial charge in [-0.3, -0.25) is 9.48 Å². The van der Waals surface area contributed by atoms with Crippen LogP contribution in [0.5, 0.6) is 0 Å². The highest BCUT2D eigenvalue weighted by atomic mass is 79.9. The Hall–Kier alpha value is -2.11. The van der Waals surface area contributed by atoms with Crippen LogP contribution in [0, 0.1) is 5.92 Å². The predicted molar refractivity (Wildman–Crippen MR) is 101 cm³/mol. The molecule has 1 aromatic heterocycles. The van der Waals surface area contributed by atoms with Crippen molar-refractivity contribution in [1.29, 1.82) is 0 Å². The second-order valence-corrected chi connectivity index (χ2v) is 7.45. The summed E-state index contributed by atoms with van der Waals surface area (Å²) in [4.78, 5) is 12.7. The number of halogens is 2. The molecule has 2 aromatic rings.